The molecule has 106 valence electrons. The van der Waals surface area contributed by atoms with Crippen LogP contribution in [-0.2, 0) is 0 Å². The molecule has 2 aromatic carbocycles. The fourth-order valence-corrected chi connectivity index (χ4v) is 3.74. The Kier molecular flexibility index (Phi) is 3.36. The van der Waals surface area contributed by atoms with Crippen LogP contribution in [0.15, 0.2) is 48.5 Å². The van der Waals surface area contributed by atoms with Crippen molar-refractivity contribution >= 4 is 12.2 Å². The van der Waals surface area contributed by atoms with E-state index < -0.39 is 0 Å². The van der Waals surface area contributed by atoms with E-state index in [1.165, 1.54) is 54.6 Å². The smallest absolute Gasteiger partial charge is 0.0613 e. The van der Waals surface area contributed by atoms with Gasteiger partial charge < -0.3 is 0 Å². The number of hydrogen-bond donors (Lipinski definition) is 0. The fourth-order valence-electron chi connectivity index (χ4n) is 3.74. The van der Waals surface area contributed by atoms with Crippen LogP contribution in [-0.4, -0.2) is 18.0 Å². The second-order valence-corrected chi connectivity index (χ2v) is 6.09. The Morgan fingerprint density at radius 3 is 1.76 bits per heavy atom. The molecule has 1 saturated heterocycles. The number of hydrogen-bond acceptors (Lipinski definition) is 1. The summed E-state index contributed by atoms with van der Waals surface area (Å²) in [6.07, 6.45) is 8.59. The first-order valence-corrected chi connectivity index (χ1v) is 8.03. The summed E-state index contributed by atoms with van der Waals surface area (Å²) in [5, 5.41) is 0. The summed E-state index contributed by atoms with van der Waals surface area (Å²) >= 11 is 0. The van der Waals surface area contributed by atoms with Gasteiger partial charge in [0.15, 0.2) is 0 Å². The molecule has 2 aromatic rings. The molecule has 1 aliphatic heterocycles. The third-order valence-corrected chi connectivity index (χ3v) is 4.78. The van der Waals surface area contributed by atoms with Crippen LogP contribution in [0.4, 0.5) is 0 Å². The second-order valence-electron chi connectivity index (χ2n) is 6.09. The molecule has 1 aliphatic carbocycles. The van der Waals surface area contributed by atoms with Crippen LogP contribution in [0.5, 0.6) is 0 Å². The molecule has 0 aromatic heterocycles. The van der Waals surface area contributed by atoms with Gasteiger partial charge >= 0.3 is 0 Å². The largest absolute Gasteiger partial charge is 0.292 e. The highest BCUT2D eigenvalue weighted by Gasteiger charge is 2.27. The van der Waals surface area contributed by atoms with Crippen LogP contribution in [0, 0.1) is 0 Å². The first-order chi connectivity index (χ1) is 10.4. The number of benzene rings is 2. The van der Waals surface area contributed by atoms with Gasteiger partial charge in [0, 0.05) is 0 Å². The van der Waals surface area contributed by atoms with Gasteiger partial charge in [-0.05, 0) is 48.2 Å². The lowest BCUT2D eigenvalue weighted by atomic mass is 9.91. The molecule has 1 heterocycles. The molecule has 0 atom stereocenters. The molecule has 0 N–H and O–H groups in total. The SMILES string of the molecule is C1=Cc2ccccc2C(N2CCCCC2)c2ccccc21. The van der Waals surface area contributed by atoms with Crippen LogP contribution >= 0.6 is 0 Å². The molecule has 1 fully saturated rings. The van der Waals surface area contributed by atoms with E-state index in [0.717, 1.165) is 0 Å². The minimum atomic E-state index is 0.410. The summed E-state index contributed by atoms with van der Waals surface area (Å²) in [4.78, 5) is 2.67. The van der Waals surface area contributed by atoms with Crippen molar-refractivity contribution < 1.29 is 0 Å². The van der Waals surface area contributed by atoms with Gasteiger partial charge in [0.2, 0.25) is 0 Å². The zero-order valence-corrected chi connectivity index (χ0v) is 12.3. The normalized spacial score (nSPS) is 18.9. The lowest BCUT2D eigenvalue weighted by Crippen LogP contribution is -2.34. The van der Waals surface area contributed by atoms with E-state index >= 15 is 0 Å². The van der Waals surface area contributed by atoms with Gasteiger partial charge in [0.25, 0.3) is 0 Å². The van der Waals surface area contributed by atoms with Gasteiger partial charge in [-0.25, -0.2) is 0 Å². The van der Waals surface area contributed by atoms with E-state index in [9.17, 15) is 0 Å². The second kappa shape index (κ2) is 5.50. The topological polar surface area (TPSA) is 3.24 Å². The van der Waals surface area contributed by atoms with E-state index in [2.05, 4.69) is 65.6 Å². The molecule has 0 amide bonds. The maximum absolute atomic E-state index is 2.67. The summed E-state index contributed by atoms with van der Waals surface area (Å²) in [6, 6.07) is 18.2. The molecule has 0 saturated carbocycles. The van der Waals surface area contributed by atoms with Crippen molar-refractivity contribution in [2.45, 2.75) is 25.3 Å². The Hall–Kier alpha value is -1.86. The van der Waals surface area contributed by atoms with Crippen molar-refractivity contribution in [1.29, 1.82) is 0 Å². The van der Waals surface area contributed by atoms with Crippen LogP contribution < -0.4 is 0 Å². The van der Waals surface area contributed by atoms with Gasteiger partial charge in [-0.15, -0.1) is 0 Å². The van der Waals surface area contributed by atoms with Crippen molar-refractivity contribution in [2.75, 3.05) is 13.1 Å². The fraction of sp³-hybridized carbons (Fsp3) is 0.300. The average Bonchev–Trinajstić information content (AvgIpc) is 2.72. The lowest BCUT2D eigenvalue weighted by molar-refractivity contribution is 0.187. The number of rotatable bonds is 1. The van der Waals surface area contributed by atoms with Crippen LogP contribution in [0.1, 0.15) is 47.6 Å². The summed E-state index contributed by atoms with van der Waals surface area (Å²) < 4.78 is 0. The van der Waals surface area contributed by atoms with Gasteiger partial charge in [0.05, 0.1) is 6.04 Å². The van der Waals surface area contributed by atoms with Crippen molar-refractivity contribution in [3.63, 3.8) is 0 Å². The van der Waals surface area contributed by atoms with Crippen LogP contribution in [0.2, 0.25) is 0 Å². The summed E-state index contributed by atoms with van der Waals surface area (Å²) in [7, 11) is 0. The average molecular weight is 275 g/mol. The minimum Gasteiger partial charge on any atom is -0.292 e. The molecular formula is C20H21N. The van der Waals surface area contributed by atoms with E-state index in [-0.39, 0.29) is 0 Å². The Balaban J connectivity index is 1.88. The molecule has 0 radical (unpaired) electrons. The third kappa shape index (κ3) is 2.32. The van der Waals surface area contributed by atoms with Gasteiger partial charge in [-0.1, -0.05) is 67.1 Å². The highest BCUT2D eigenvalue weighted by Crippen LogP contribution is 2.37. The Labute approximate surface area is 126 Å². The molecule has 0 bridgehead atoms. The van der Waals surface area contributed by atoms with E-state index in [1.807, 2.05) is 0 Å². The summed E-state index contributed by atoms with van der Waals surface area (Å²) in [5.41, 5.74) is 5.65. The van der Waals surface area contributed by atoms with E-state index in [1.54, 1.807) is 0 Å². The number of likely N-dealkylation sites (tertiary alicyclic amines) is 1. The molecule has 0 unspecified atom stereocenters. The van der Waals surface area contributed by atoms with Crippen LogP contribution in [0.25, 0.3) is 12.2 Å². The molecule has 21 heavy (non-hydrogen) atoms. The van der Waals surface area contributed by atoms with Gasteiger partial charge in [-0.3, -0.25) is 4.90 Å². The molecule has 2 aliphatic rings. The quantitative estimate of drug-likeness (QED) is 0.726. The lowest BCUT2D eigenvalue weighted by Gasteiger charge is -2.36. The van der Waals surface area contributed by atoms with E-state index in [0.29, 0.717) is 6.04 Å². The number of piperidine rings is 1. The zero-order chi connectivity index (χ0) is 14.1. The highest BCUT2D eigenvalue weighted by atomic mass is 15.2. The maximum atomic E-state index is 2.67. The molecule has 4 rings (SSSR count). The first kappa shape index (κ1) is 12.8. The Morgan fingerprint density at radius 1 is 0.667 bits per heavy atom. The monoisotopic (exact) mass is 275 g/mol. The van der Waals surface area contributed by atoms with Crippen molar-refractivity contribution in [1.82, 2.24) is 4.90 Å². The van der Waals surface area contributed by atoms with Gasteiger partial charge in [0.1, 0.15) is 0 Å². The Bertz CT molecular complexity index is 616. The Morgan fingerprint density at radius 2 is 1.19 bits per heavy atom. The maximum Gasteiger partial charge on any atom is 0.0613 e. The summed E-state index contributed by atoms with van der Waals surface area (Å²) in [6.45, 7) is 2.43. The van der Waals surface area contributed by atoms with Crippen molar-refractivity contribution in [3.8, 4) is 0 Å². The predicted octanol–water partition coefficient (Wildman–Crippen LogP) is 4.75. The third-order valence-electron chi connectivity index (χ3n) is 4.78. The molecule has 0 spiro atoms. The first-order valence-electron chi connectivity index (χ1n) is 8.03. The minimum absolute atomic E-state index is 0.410. The molecule has 1 nitrogen and oxygen atoms in total. The van der Waals surface area contributed by atoms with Crippen molar-refractivity contribution in [2.24, 2.45) is 0 Å². The molecule has 1 heteroatoms. The van der Waals surface area contributed by atoms with E-state index in [4.69, 9.17) is 0 Å². The van der Waals surface area contributed by atoms with Crippen LogP contribution in [0.3, 0.4) is 0 Å². The predicted molar refractivity (Wildman–Crippen MR) is 89.1 cm³/mol. The highest BCUT2D eigenvalue weighted by molar-refractivity contribution is 5.76. The van der Waals surface area contributed by atoms with Crippen molar-refractivity contribution in [3.05, 3.63) is 70.8 Å². The zero-order valence-electron chi connectivity index (χ0n) is 12.3. The standard InChI is InChI=1S/C20H21N/c1-6-14-21(15-7-1)20-18-10-4-2-8-16(18)12-13-17-9-3-5-11-19(17)20/h2-5,8-13,20H,1,6-7,14-15H2. The molecular weight excluding hydrogens is 254 g/mol. The number of fused-ring (bicyclic) bond motifs is 2. The number of nitrogens with zero attached hydrogens (tertiary/aromatic N) is 1. The van der Waals surface area contributed by atoms with Gasteiger partial charge in [-0.2, -0.15) is 0 Å². The summed E-state index contributed by atoms with van der Waals surface area (Å²) in [5.74, 6) is 0.